The van der Waals surface area contributed by atoms with Crippen molar-refractivity contribution in [1.29, 1.82) is 0 Å². The summed E-state index contributed by atoms with van der Waals surface area (Å²) in [4.78, 5) is 23.3. The van der Waals surface area contributed by atoms with Crippen LogP contribution in [0, 0.1) is 6.92 Å². The number of benzene rings is 2. The SMILES string of the molecule is COc1c(Cl)cc(C(=O)Nc2ccc(C(=O)O)c(C)c2)cc1C(F)(F)F. The molecule has 5 nitrogen and oxygen atoms in total. The summed E-state index contributed by atoms with van der Waals surface area (Å²) in [5, 5.41) is 11.0. The largest absolute Gasteiger partial charge is 0.495 e. The van der Waals surface area contributed by atoms with Crippen LogP contribution in [-0.2, 0) is 6.18 Å². The van der Waals surface area contributed by atoms with Gasteiger partial charge in [0.2, 0.25) is 0 Å². The summed E-state index contributed by atoms with van der Waals surface area (Å²) in [5.74, 6) is -2.53. The van der Waals surface area contributed by atoms with Crippen LogP contribution in [-0.4, -0.2) is 24.1 Å². The first-order valence-electron chi connectivity index (χ1n) is 7.14. The van der Waals surface area contributed by atoms with Gasteiger partial charge in [-0.15, -0.1) is 0 Å². The number of carboxylic acids is 1. The van der Waals surface area contributed by atoms with E-state index in [2.05, 4.69) is 10.1 Å². The zero-order valence-corrected chi connectivity index (χ0v) is 14.3. The zero-order valence-electron chi connectivity index (χ0n) is 13.6. The van der Waals surface area contributed by atoms with Crippen LogP contribution in [0.1, 0.15) is 31.8 Å². The molecule has 0 aliphatic carbocycles. The summed E-state index contributed by atoms with van der Waals surface area (Å²) < 4.78 is 44.1. The molecule has 0 saturated heterocycles. The lowest BCUT2D eigenvalue weighted by molar-refractivity contribution is -0.138. The number of aryl methyl sites for hydroxylation is 1. The predicted molar refractivity (Wildman–Crippen MR) is 89.1 cm³/mol. The van der Waals surface area contributed by atoms with Gasteiger partial charge in [0, 0.05) is 11.3 Å². The summed E-state index contributed by atoms with van der Waals surface area (Å²) in [7, 11) is 1.04. The average Bonchev–Trinajstić information content (AvgIpc) is 2.52. The van der Waals surface area contributed by atoms with E-state index in [4.69, 9.17) is 16.7 Å². The number of halogens is 4. The highest BCUT2D eigenvalue weighted by Gasteiger charge is 2.36. The average molecular weight is 388 g/mol. The van der Waals surface area contributed by atoms with Crippen molar-refractivity contribution < 1.29 is 32.6 Å². The van der Waals surface area contributed by atoms with Gasteiger partial charge in [0.1, 0.15) is 5.75 Å². The van der Waals surface area contributed by atoms with Crippen molar-refractivity contribution >= 4 is 29.2 Å². The molecule has 0 aromatic heterocycles. The molecule has 1 amide bonds. The Hall–Kier alpha value is -2.74. The molecule has 2 aromatic carbocycles. The Labute approximate surface area is 151 Å². The maximum absolute atomic E-state index is 13.1. The lowest BCUT2D eigenvalue weighted by atomic mass is 10.1. The number of carbonyl (C=O) groups is 2. The van der Waals surface area contributed by atoms with Gasteiger partial charge in [-0.05, 0) is 42.8 Å². The normalized spacial score (nSPS) is 11.2. The van der Waals surface area contributed by atoms with E-state index in [0.29, 0.717) is 11.6 Å². The summed E-state index contributed by atoms with van der Waals surface area (Å²) in [6.07, 6.45) is -4.76. The molecule has 0 unspecified atom stereocenters. The molecule has 2 N–H and O–H groups in total. The zero-order chi connectivity index (χ0) is 19.6. The number of rotatable bonds is 4. The number of methoxy groups -OCH3 is 1. The number of hydrogen-bond acceptors (Lipinski definition) is 3. The van der Waals surface area contributed by atoms with E-state index in [0.717, 1.165) is 13.2 Å². The molecule has 0 aliphatic rings. The fourth-order valence-electron chi connectivity index (χ4n) is 2.33. The van der Waals surface area contributed by atoms with Crippen LogP contribution in [0.3, 0.4) is 0 Å². The number of alkyl halides is 3. The lowest BCUT2D eigenvalue weighted by Gasteiger charge is -2.15. The predicted octanol–water partition coefficient (Wildman–Crippen LogP) is 4.63. The second kappa shape index (κ2) is 7.25. The summed E-state index contributed by atoms with van der Waals surface area (Å²) in [5.41, 5.74) is -0.815. The molecule has 9 heteroatoms. The van der Waals surface area contributed by atoms with E-state index < -0.39 is 29.4 Å². The minimum absolute atomic E-state index is 0.0508. The Bertz CT molecular complexity index is 881. The minimum Gasteiger partial charge on any atom is -0.495 e. The van der Waals surface area contributed by atoms with Gasteiger partial charge in [-0.1, -0.05) is 11.6 Å². The summed E-state index contributed by atoms with van der Waals surface area (Å²) in [6, 6.07) is 5.72. The number of ether oxygens (including phenoxy) is 1. The van der Waals surface area contributed by atoms with Crippen molar-refractivity contribution in [1.82, 2.24) is 0 Å². The van der Waals surface area contributed by atoms with E-state index in [-0.39, 0.29) is 21.8 Å². The Morgan fingerprint density at radius 1 is 1.19 bits per heavy atom. The first-order valence-corrected chi connectivity index (χ1v) is 7.52. The number of carboxylic acid groups (broad SMARTS) is 1. The van der Waals surface area contributed by atoms with Crippen LogP contribution in [0.15, 0.2) is 30.3 Å². The van der Waals surface area contributed by atoms with Gasteiger partial charge in [-0.25, -0.2) is 4.79 Å². The standard InChI is InChI=1S/C17H13ClF3NO4/c1-8-5-10(3-4-11(8)16(24)25)22-15(23)9-6-12(17(19,20)21)14(26-2)13(18)7-9/h3-7H,1-2H3,(H,22,23)(H,24,25). The van der Waals surface area contributed by atoms with Gasteiger partial charge in [0.25, 0.3) is 5.91 Å². The van der Waals surface area contributed by atoms with E-state index in [1.807, 2.05) is 0 Å². The van der Waals surface area contributed by atoms with Gasteiger partial charge in [-0.3, -0.25) is 4.79 Å². The highest BCUT2D eigenvalue weighted by molar-refractivity contribution is 6.32. The van der Waals surface area contributed by atoms with Crippen LogP contribution in [0.5, 0.6) is 5.75 Å². The maximum atomic E-state index is 13.1. The molecule has 0 aliphatic heterocycles. The maximum Gasteiger partial charge on any atom is 0.420 e. The summed E-state index contributed by atoms with van der Waals surface area (Å²) in [6.45, 7) is 1.53. The van der Waals surface area contributed by atoms with Crippen LogP contribution >= 0.6 is 11.6 Å². The van der Waals surface area contributed by atoms with E-state index in [1.54, 1.807) is 0 Å². The van der Waals surface area contributed by atoms with Gasteiger partial charge in [0.15, 0.2) is 0 Å². The first-order chi connectivity index (χ1) is 12.0. The molecule has 2 aromatic rings. The van der Waals surface area contributed by atoms with Gasteiger partial charge in [-0.2, -0.15) is 13.2 Å². The Morgan fingerprint density at radius 2 is 1.85 bits per heavy atom. The molecule has 0 spiro atoms. The van der Waals surface area contributed by atoms with Crippen molar-refractivity contribution in [3.63, 3.8) is 0 Å². The molecule has 0 atom stereocenters. The van der Waals surface area contributed by atoms with Gasteiger partial charge < -0.3 is 15.2 Å². The third-order valence-corrected chi connectivity index (χ3v) is 3.81. The first kappa shape index (κ1) is 19.6. The molecule has 0 fully saturated rings. The van der Waals surface area contributed by atoms with Gasteiger partial charge in [0.05, 0.1) is 23.3 Å². The molecule has 2 rings (SSSR count). The number of amides is 1. The minimum atomic E-state index is -4.76. The Kier molecular flexibility index (Phi) is 5.46. The highest BCUT2D eigenvalue weighted by Crippen LogP contribution is 2.41. The molecule has 0 radical (unpaired) electrons. The molecule has 0 bridgehead atoms. The fraction of sp³-hybridized carbons (Fsp3) is 0.176. The molecule has 0 saturated carbocycles. The Morgan fingerprint density at radius 3 is 2.35 bits per heavy atom. The van der Waals surface area contributed by atoms with Crippen LogP contribution < -0.4 is 10.1 Å². The van der Waals surface area contributed by atoms with Gasteiger partial charge >= 0.3 is 12.1 Å². The lowest BCUT2D eigenvalue weighted by Crippen LogP contribution is -2.15. The summed E-state index contributed by atoms with van der Waals surface area (Å²) >= 11 is 5.80. The van der Waals surface area contributed by atoms with E-state index in [9.17, 15) is 22.8 Å². The van der Waals surface area contributed by atoms with Crippen LogP contribution in [0.4, 0.5) is 18.9 Å². The van der Waals surface area contributed by atoms with Crippen molar-refractivity contribution in [3.05, 3.63) is 57.6 Å². The fourth-order valence-corrected chi connectivity index (χ4v) is 2.62. The third kappa shape index (κ3) is 4.08. The van der Waals surface area contributed by atoms with Crippen molar-refractivity contribution in [2.45, 2.75) is 13.1 Å². The number of aromatic carboxylic acids is 1. The molecule has 138 valence electrons. The van der Waals surface area contributed by atoms with E-state index >= 15 is 0 Å². The second-order valence-electron chi connectivity index (χ2n) is 5.33. The Balaban J connectivity index is 2.37. The number of carbonyl (C=O) groups excluding carboxylic acids is 1. The monoisotopic (exact) mass is 387 g/mol. The third-order valence-electron chi connectivity index (χ3n) is 3.53. The number of anilines is 1. The van der Waals surface area contributed by atoms with Crippen molar-refractivity contribution in [2.24, 2.45) is 0 Å². The quantitative estimate of drug-likeness (QED) is 0.802. The molecule has 26 heavy (non-hydrogen) atoms. The molecular weight excluding hydrogens is 375 g/mol. The molecule has 0 heterocycles. The molecular formula is C17H13ClF3NO4. The van der Waals surface area contributed by atoms with Crippen LogP contribution in [0.25, 0.3) is 0 Å². The van der Waals surface area contributed by atoms with E-state index in [1.165, 1.54) is 25.1 Å². The second-order valence-corrected chi connectivity index (χ2v) is 5.73. The smallest absolute Gasteiger partial charge is 0.420 e. The number of nitrogens with one attached hydrogen (secondary N) is 1. The topological polar surface area (TPSA) is 75.6 Å². The van der Waals surface area contributed by atoms with Crippen molar-refractivity contribution in [3.8, 4) is 5.75 Å². The van der Waals surface area contributed by atoms with Crippen LogP contribution in [0.2, 0.25) is 5.02 Å². The highest BCUT2D eigenvalue weighted by atomic mass is 35.5. The van der Waals surface area contributed by atoms with Crippen molar-refractivity contribution in [2.75, 3.05) is 12.4 Å². The number of hydrogen-bond donors (Lipinski definition) is 2.